The first-order valence-corrected chi connectivity index (χ1v) is 17.3. The fraction of sp³-hybridized carbons (Fsp3) is 0.0769. The quantitative estimate of drug-likeness (QED) is 0.193. The van der Waals surface area contributed by atoms with Crippen LogP contribution in [-0.2, 0) is 9.29 Å². The van der Waals surface area contributed by atoms with Crippen molar-refractivity contribution in [3.05, 3.63) is 144 Å². The van der Waals surface area contributed by atoms with Crippen molar-refractivity contribution in [1.82, 2.24) is 0 Å². The van der Waals surface area contributed by atoms with Gasteiger partial charge in [-0.3, -0.25) is 0 Å². The van der Waals surface area contributed by atoms with Crippen LogP contribution >= 0.6 is 33.2 Å². The summed E-state index contributed by atoms with van der Waals surface area (Å²) in [5.41, 5.74) is 4.47. The number of hydrogen-bond donors (Lipinski definition) is 0. The molecule has 0 radical (unpaired) electrons. The van der Waals surface area contributed by atoms with E-state index in [4.69, 9.17) is 33.2 Å². The van der Waals surface area contributed by atoms with E-state index in [9.17, 15) is 0 Å². The van der Waals surface area contributed by atoms with E-state index < -0.39 is 15.3 Å². The normalized spacial score (nSPS) is 12.6. The molecule has 4 aromatic carbocycles. The number of hydrogen-bond acceptors (Lipinski definition) is 0. The number of rotatable bonds is 6. The monoisotopic (exact) mass is 542 g/mol. The van der Waals surface area contributed by atoms with Gasteiger partial charge in [-0.2, -0.15) is 0 Å². The molecule has 0 N–H and O–H groups in total. The number of halogens is 3. The maximum absolute atomic E-state index is 7.21. The molecule has 0 amide bonds. The van der Waals surface area contributed by atoms with Crippen molar-refractivity contribution in [3.63, 3.8) is 0 Å². The third-order valence-corrected chi connectivity index (χ3v) is 15.8. The zero-order valence-electron chi connectivity index (χ0n) is 17.2. The standard InChI is InChI=1S/C26H23Cl3GeSi/c27-31(28,29)26(23-17-9-3-10-18-23,24-19-11-4-12-20-24)25(30,21-13-5-1-6-14-21)22-15-7-2-8-16-22/h1-20H,30H3. The molecule has 31 heavy (non-hydrogen) atoms. The second-order valence-corrected chi connectivity index (χ2v) is 19.6. The topological polar surface area (TPSA) is 0 Å². The molecule has 0 unspecified atom stereocenters. The van der Waals surface area contributed by atoms with Gasteiger partial charge in [-0.25, -0.2) is 0 Å². The van der Waals surface area contributed by atoms with Gasteiger partial charge in [-0.15, -0.1) is 0 Å². The van der Waals surface area contributed by atoms with Crippen LogP contribution in [0, 0.1) is 0 Å². The van der Waals surface area contributed by atoms with Gasteiger partial charge in [0, 0.05) is 0 Å². The van der Waals surface area contributed by atoms with Gasteiger partial charge < -0.3 is 0 Å². The van der Waals surface area contributed by atoms with Crippen molar-refractivity contribution in [2.24, 2.45) is 0 Å². The predicted molar refractivity (Wildman–Crippen MR) is 141 cm³/mol. The van der Waals surface area contributed by atoms with Gasteiger partial charge in [0.05, 0.1) is 0 Å². The van der Waals surface area contributed by atoms with Crippen molar-refractivity contribution >= 4 is 55.8 Å². The third kappa shape index (κ3) is 3.81. The Labute approximate surface area is 207 Å². The Morgan fingerprint density at radius 3 is 0.968 bits per heavy atom. The Morgan fingerprint density at radius 1 is 0.452 bits per heavy atom. The first-order valence-electron chi connectivity index (χ1n) is 10.2. The minimum absolute atomic E-state index is 0.214. The average Bonchev–Trinajstić information content (AvgIpc) is 2.81. The summed E-state index contributed by atoms with van der Waals surface area (Å²) in [4.78, 5) is 0. The Hall–Kier alpha value is -1.49. The van der Waals surface area contributed by atoms with Crippen LogP contribution < -0.4 is 0 Å². The maximum atomic E-state index is 7.21. The Balaban J connectivity index is 2.23. The van der Waals surface area contributed by atoms with E-state index in [1.807, 2.05) is 48.5 Å². The van der Waals surface area contributed by atoms with E-state index in [0.29, 0.717) is 0 Å². The van der Waals surface area contributed by atoms with Gasteiger partial charge in [0.1, 0.15) is 0 Å². The molecule has 4 rings (SSSR count). The van der Waals surface area contributed by atoms with Crippen LogP contribution in [0.2, 0.25) is 0 Å². The van der Waals surface area contributed by atoms with Crippen LogP contribution in [0.25, 0.3) is 0 Å². The van der Waals surface area contributed by atoms with Crippen molar-refractivity contribution in [2.45, 2.75) is 9.29 Å². The molecule has 0 saturated heterocycles. The Morgan fingerprint density at radius 2 is 0.710 bits per heavy atom. The van der Waals surface area contributed by atoms with Crippen molar-refractivity contribution in [3.8, 4) is 0 Å². The summed E-state index contributed by atoms with van der Waals surface area (Å²) in [7, 11) is 0. The zero-order valence-corrected chi connectivity index (χ0v) is 24.6. The Bertz CT molecular complexity index is 1040. The molecule has 156 valence electrons. The SMILES string of the molecule is Cl[Si](Cl)(Cl)C(c1ccccc1)(c1ccccc1)[C]([GeH3])(c1ccccc1)c1ccccc1. The summed E-state index contributed by atoms with van der Waals surface area (Å²) in [5, 5.41) is -0.796. The van der Waals surface area contributed by atoms with Gasteiger partial charge in [0.25, 0.3) is 0 Å². The fourth-order valence-corrected chi connectivity index (χ4v) is 18.3. The van der Waals surface area contributed by atoms with Crippen LogP contribution in [0.1, 0.15) is 22.3 Å². The van der Waals surface area contributed by atoms with E-state index >= 15 is 0 Å². The first kappa shape index (κ1) is 22.7. The van der Waals surface area contributed by atoms with E-state index in [1.165, 1.54) is 11.1 Å². The second-order valence-electron chi connectivity index (χ2n) is 7.84. The summed E-state index contributed by atoms with van der Waals surface area (Å²) in [6.07, 6.45) is 0. The third-order valence-electron chi connectivity index (χ3n) is 6.29. The molecule has 0 fully saturated rings. The second kappa shape index (κ2) is 9.17. The van der Waals surface area contributed by atoms with Crippen molar-refractivity contribution in [1.29, 1.82) is 0 Å². The Kier molecular flexibility index (Phi) is 6.71. The van der Waals surface area contributed by atoms with Crippen LogP contribution in [0.3, 0.4) is 0 Å². The number of benzene rings is 4. The molecule has 0 aliphatic heterocycles. The van der Waals surface area contributed by atoms with Crippen molar-refractivity contribution < 1.29 is 0 Å². The fourth-order valence-electron chi connectivity index (χ4n) is 4.87. The summed E-state index contributed by atoms with van der Waals surface area (Å²) < 4.78 is -0.456. The van der Waals surface area contributed by atoms with Gasteiger partial charge in [-0.05, 0) is 0 Å². The molecular formula is C26H23Cl3GeSi. The molecule has 0 spiro atoms. The van der Waals surface area contributed by atoms with Crippen LogP contribution in [-0.4, -0.2) is 22.5 Å². The molecule has 0 aromatic heterocycles. The summed E-state index contributed by atoms with van der Waals surface area (Å²) in [6.45, 7) is 0. The summed E-state index contributed by atoms with van der Waals surface area (Å²) >= 11 is 21.8. The van der Waals surface area contributed by atoms with Crippen LogP contribution in [0.4, 0.5) is 0 Å². The predicted octanol–water partition coefficient (Wildman–Crippen LogP) is 6.48. The van der Waals surface area contributed by atoms with Gasteiger partial charge in [0.2, 0.25) is 0 Å². The van der Waals surface area contributed by atoms with Gasteiger partial charge in [0.15, 0.2) is 0 Å². The molecule has 0 nitrogen and oxygen atoms in total. The van der Waals surface area contributed by atoms with Crippen LogP contribution in [0.15, 0.2) is 121 Å². The molecule has 0 saturated carbocycles. The molecule has 0 bridgehead atoms. The van der Waals surface area contributed by atoms with Crippen molar-refractivity contribution in [2.75, 3.05) is 0 Å². The molecule has 0 atom stereocenters. The molecule has 0 heterocycles. The zero-order chi connectivity index (χ0) is 22.0. The van der Waals surface area contributed by atoms with Gasteiger partial charge in [-0.1, -0.05) is 0 Å². The van der Waals surface area contributed by atoms with E-state index in [1.54, 1.807) is 0 Å². The summed E-state index contributed by atoms with van der Waals surface area (Å²) in [6, 6.07) is 38.4. The van der Waals surface area contributed by atoms with Gasteiger partial charge >= 0.3 is 209 Å². The average molecular weight is 543 g/mol. The summed E-state index contributed by atoms with van der Waals surface area (Å²) in [5.74, 6) is 0. The molecular weight excluding hydrogens is 519 g/mol. The van der Waals surface area contributed by atoms with E-state index in [2.05, 4.69) is 72.8 Å². The molecule has 0 aliphatic rings. The van der Waals surface area contributed by atoms with E-state index in [0.717, 1.165) is 11.1 Å². The minimum atomic E-state index is -3.46. The molecule has 4 aromatic rings. The first-order chi connectivity index (χ1) is 14.9. The van der Waals surface area contributed by atoms with E-state index in [-0.39, 0.29) is 16.5 Å². The molecule has 5 heteroatoms. The molecule has 0 aliphatic carbocycles. The van der Waals surface area contributed by atoms with Crippen LogP contribution in [0.5, 0.6) is 0 Å².